The Bertz CT molecular complexity index is 730. The predicted octanol–water partition coefficient (Wildman–Crippen LogP) is 4.51. The van der Waals surface area contributed by atoms with Crippen molar-refractivity contribution in [3.63, 3.8) is 0 Å². The van der Waals surface area contributed by atoms with Crippen molar-refractivity contribution in [2.45, 2.75) is 46.5 Å². The summed E-state index contributed by atoms with van der Waals surface area (Å²) in [5, 5.41) is 2.90. The molecule has 0 saturated heterocycles. The number of hydrogen-bond acceptors (Lipinski definition) is 3. The summed E-state index contributed by atoms with van der Waals surface area (Å²) in [6.45, 7) is 6.35. The maximum absolute atomic E-state index is 12.1. The van der Waals surface area contributed by atoms with Crippen LogP contribution in [0.25, 0.3) is 0 Å². The van der Waals surface area contributed by atoms with E-state index in [1.165, 1.54) is 5.56 Å². The third-order valence-corrected chi connectivity index (χ3v) is 4.21. The standard InChI is InChI=1S/C22H27NO3/c1-16-14-17(2)22(18(3)15-16)23-20(24)11-12-21(25)26-13-7-10-19-8-5-4-6-9-19/h4-6,8-9,14-15H,7,10-13H2,1-3H3,(H,23,24). The Labute approximate surface area is 155 Å². The number of carbonyl (C=O) groups excluding carboxylic acids is 2. The summed E-state index contributed by atoms with van der Waals surface area (Å²) in [6, 6.07) is 14.2. The van der Waals surface area contributed by atoms with E-state index in [1.807, 2.05) is 51.1 Å². The van der Waals surface area contributed by atoms with Gasteiger partial charge in [-0.15, -0.1) is 0 Å². The lowest BCUT2D eigenvalue weighted by atomic mass is 10.0. The Balaban J connectivity index is 1.68. The fourth-order valence-corrected chi connectivity index (χ4v) is 2.97. The van der Waals surface area contributed by atoms with Gasteiger partial charge in [-0.3, -0.25) is 9.59 Å². The normalized spacial score (nSPS) is 10.4. The molecule has 0 bridgehead atoms. The fraction of sp³-hybridized carbons (Fsp3) is 0.364. The van der Waals surface area contributed by atoms with Crippen LogP contribution in [0.2, 0.25) is 0 Å². The van der Waals surface area contributed by atoms with Crippen LogP contribution in [0.15, 0.2) is 42.5 Å². The van der Waals surface area contributed by atoms with Gasteiger partial charge in [0.1, 0.15) is 0 Å². The van der Waals surface area contributed by atoms with Gasteiger partial charge in [-0.2, -0.15) is 0 Å². The van der Waals surface area contributed by atoms with Crippen LogP contribution in [0.1, 0.15) is 41.5 Å². The zero-order valence-corrected chi connectivity index (χ0v) is 15.8. The molecule has 138 valence electrons. The van der Waals surface area contributed by atoms with Gasteiger partial charge in [-0.05, 0) is 50.3 Å². The number of amides is 1. The molecule has 2 aromatic carbocycles. The van der Waals surface area contributed by atoms with E-state index in [0.717, 1.165) is 35.2 Å². The lowest BCUT2D eigenvalue weighted by molar-refractivity contribution is -0.144. The van der Waals surface area contributed by atoms with E-state index in [2.05, 4.69) is 17.4 Å². The van der Waals surface area contributed by atoms with Gasteiger partial charge in [0.15, 0.2) is 0 Å². The van der Waals surface area contributed by atoms with Crippen LogP contribution in [-0.2, 0) is 20.7 Å². The fourth-order valence-electron chi connectivity index (χ4n) is 2.97. The van der Waals surface area contributed by atoms with Crippen LogP contribution < -0.4 is 5.32 Å². The van der Waals surface area contributed by atoms with Gasteiger partial charge in [0, 0.05) is 12.1 Å². The molecule has 1 N–H and O–H groups in total. The predicted molar refractivity (Wildman–Crippen MR) is 104 cm³/mol. The molecule has 0 aromatic heterocycles. The second-order valence-electron chi connectivity index (χ2n) is 6.63. The first kappa shape index (κ1) is 19.7. The molecule has 26 heavy (non-hydrogen) atoms. The summed E-state index contributed by atoms with van der Waals surface area (Å²) in [5.41, 5.74) is 5.28. The van der Waals surface area contributed by atoms with E-state index in [0.29, 0.717) is 6.61 Å². The first-order chi connectivity index (χ1) is 12.5. The molecule has 0 unspecified atom stereocenters. The van der Waals surface area contributed by atoms with Gasteiger partial charge in [0.2, 0.25) is 5.91 Å². The highest BCUT2D eigenvalue weighted by Gasteiger charge is 2.11. The molecule has 0 radical (unpaired) electrons. The van der Waals surface area contributed by atoms with E-state index in [-0.39, 0.29) is 24.7 Å². The molecule has 1 amide bonds. The summed E-state index contributed by atoms with van der Waals surface area (Å²) < 4.78 is 5.21. The van der Waals surface area contributed by atoms with E-state index in [1.54, 1.807) is 0 Å². The SMILES string of the molecule is Cc1cc(C)c(NC(=O)CCC(=O)OCCCc2ccccc2)c(C)c1. The highest BCUT2D eigenvalue weighted by Crippen LogP contribution is 2.22. The van der Waals surface area contributed by atoms with Gasteiger partial charge >= 0.3 is 5.97 Å². The average molecular weight is 353 g/mol. The molecule has 0 aliphatic carbocycles. The summed E-state index contributed by atoms with van der Waals surface area (Å²) in [5.74, 6) is -0.494. The highest BCUT2D eigenvalue weighted by atomic mass is 16.5. The van der Waals surface area contributed by atoms with Crippen LogP contribution >= 0.6 is 0 Å². The van der Waals surface area contributed by atoms with Gasteiger partial charge < -0.3 is 10.1 Å². The Morgan fingerprint density at radius 2 is 1.62 bits per heavy atom. The zero-order valence-electron chi connectivity index (χ0n) is 15.8. The quantitative estimate of drug-likeness (QED) is 0.561. The Morgan fingerprint density at radius 1 is 0.962 bits per heavy atom. The van der Waals surface area contributed by atoms with Crippen molar-refractivity contribution >= 4 is 17.6 Å². The molecule has 4 nitrogen and oxygen atoms in total. The molecule has 0 spiro atoms. The molecule has 4 heteroatoms. The largest absolute Gasteiger partial charge is 0.466 e. The first-order valence-electron chi connectivity index (χ1n) is 9.03. The maximum Gasteiger partial charge on any atom is 0.306 e. The minimum absolute atomic E-state index is 0.0983. The van der Waals surface area contributed by atoms with Crippen molar-refractivity contribution in [2.24, 2.45) is 0 Å². The number of ether oxygens (including phenoxy) is 1. The van der Waals surface area contributed by atoms with E-state index in [4.69, 9.17) is 4.74 Å². The summed E-state index contributed by atoms with van der Waals surface area (Å²) in [6.07, 6.45) is 1.88. The number of carbonyl (C=O) groups is 2. The molecule has 0 aliphatic rings. The Hall–Kier alpha value is -2.62. The number of hydrogen-bond donors (Lipinski definition) is 1. The van der Waals surface area contributed by atoms with Crippen molar-refractivity contribution < 1.29 is 14.3 Å². The molecule has 0 aliphatic heterocycles. The summed E-state index contributed by atoms with van der Waals surface area (Å²) in [4.78, 5) is 23.9. The monoisotopic (exact) mass is 353 g/mol. The third kappa shape index (κ3) is 6.36. The lowest BCUT2D eigenvalue weighted by Crippen LogP contribution is -2.16. The Kier molecular flexibility index (Phi) is 7.39. The van der Waals surface area contributed by atoms with E-state index in [9.17, 15) is 9.59 Å². The number of aryl methyl sites for hydroxylation is 4. The lowest BCUT2D eigenvalue weighted by Gasteiger charge is -2.12. The number of anilines is 1. The first-order valence-corrected chi connectivity index (χ1v) is 9.03. The zero-order chi connectivity index (χ0) is 18.9. The summed E-state index contributed by atoms with van der Waals surface area (Å²) >= 11 is 0. The van der Waals surface area contributed by atoms with Crippen molar-refractivity contribution in [1.29, 1.82) is 0 Å². The van der Waals surface area contributed by atoms with E-state index >= 15 is 0 Å². The molecular formula is C22H27NO3. The van der Waals surface area contributed by atoms with Crippen molar-refractivity contribution in [1.82, 2.24) is 0 Å². The van der Waals surface area contributed by atoms with Crippen molar-refractivity contribution in [3.05, 3.63) is 64.7 Å². The second-order valence-corrected chi connectivity index (χ2v) is 6.63. The summed E-state index contributed by atoms with van der Waals surface area (Å²) in [7, 11) is 0. The Morgan fingerprint density at radius 3 is 2.27 bits per heavy atom. The number of nitrogens with one attached hydrogen (secondary N) is 1. The minimum Gasteiger partial charge on any atom is -0.466 e. The van der Waals surface area contributed by atoms with Gasteiger partial charge in [0.05, 0.1) is 13.0 Å². The van der Waals surface area contributed by atoms with Gasteiger partial charge in [0.25, 0.3) is 0 Å². The number of esters is 1. The number of rotatable bonds is 8. The highest BCUT2D eigenvalue weighted by molar-refractivity contribution is 5.94. The van der Waals surface area contributed by atoms with E-state index < -0.39 is 0 Å². The molecule has 0 atom stereocenters. The molecule has 0 saturated carbocycles. The topological polar surface area (TPSA) is 55.4 Å². The van der Waals surface area contributed by atoms with Crippen LogP contribution in [0.3, 0.4) is 0 Å². The third-order valence-electron chi connectivity index (χ3n) is 4.21. The van der Waals surface area contributed by atoms with Crippen LogP contribution in [0.4, 0.5) is 5.69 Å². The molecule has 0 heterocycles. The maximum atomic E-state index is 12.1. The molecule has 2 aromatic rings. The van der Waals surface area contributed by atoms with Crippen molar-refractivity contribution in [2.75, 3.05) is 11.9 Å². The van der Waals surface area contributed by atoms with Crippen molar-refractivity contribution in [3.8, 4) is 0 Å². The molecular weight excluding hydrogens is 326 g/mol. The smallest absolute Gasteiger partial charge is 0.306 e. The van der Waals surface area contributed by atoms with Crippen LogP contribution in [-0.4, -0.2) is 18.5 Å². The average Bonchev–Trinajstić information content (AvgIpc) is 2.61. The van der Waals surface area contributed by atoms with Gasteiger partial charge in [-0.1, -0.05) is 48.0 Å². The molecule has 2 rings (SSSR count). The second kappa shape index (κ2) is 9.76. The van der Waals surface area contributed by atoms with Crippen LogP contribution in [0.5, 0.6) is 0 Å². The number of benzene rings is 2. The minimum atomic E-state index is -0.328. The van der Waals surface area contributed by atoms with Gasteiger partial charge in [-0.25, -0.2) is 0 Å². The van der Waals surface area contributed by atoms with Crippen LogP contribution in [0, 0.1) is 20.8 Å². The molecule has 0 fully saturated rings.